The van der Waals surface area contributed by atoms with Crippen LogP contribution in [-0.4, -0.2) is 70.9 Å². The van der Waals surface area contributed by atoms with Crippen LogP contribution in [0.4, 0.5) is 4.39 Å². The third-order valence-electron chi connectivity index (χ3n) is 9.95. The number of pyridine rings is 1. The molecule has 1 aliphatic rings. The second kappa shape index (κ2) is 18.7. The first-order valence-corrected chi connectivity index (χ1v) is 19.7. The van der Waals surface area contributed by atoms with Crippen molar-refractivity contribution >= 4 is 53.0 Å². The minimum Gasteiger partial charge on any atom is -0.361 e. The number of likely N-dealkylation sites (N-methyl/N-ethyl adjacent to an activating group) is 1. The highest BCUT2D eigenvalue weighted by Gasteiger charge is 2.34. The number of amides is 3. The number of hydrogen-bond donors (Lipinski definition) is 7. The van der Waals surface area contributed by atoms with Crippen LogP contribution in [-0.2, 0) is 33.9 Å². The quantitative estimate of drug-likeness (QED) is 0.103. The van der Waals surface area contributed by atoms with Gasteiger partial charge < -0.3 is 37.3 Å². The van der Waals surface area contributed by atoms with Crippen molar-refractivity contribution in [2.45, 2.75) is 78.1 Å². The highest BCUT2D eigenvalue weighted by Crippen LogP contribution is 2.39. The third kappa shape index (κ3) is 9.57. The Morgan fingerprint density at radius 1 is 0.909 bits per heavy atom. The number of aromatic nitrogens is 2. The van der Waals surface area contributed by atoms with E-state index in [9.17, 15) is 14.4 Å². The van der Waals surface area contributed by atoms with Gasteiger partial charge in [-0.3, -0.25) is 14.4 Å². The SMILES string of the molecule is CN1C(=O)[C@H](CCCN)NC(=O)[C@H](CCCN)NCc2cccnc2Sc2c(F)ccc(-c3ccc(S)cc3)c2CNC(=O)[C@@H]1Cc1c[nH]c2ccccc12. The average Bonchev–Trinajstić information content (AvgIpc) is 3.61. The molecule has 14 heteroatoms. The normalized spacial score (nSPS) is 18.7. The first-order chi connectivity index (χ1) is 26.7. The summed E-state index contributed by atoms with van der Waals surface area (Å²) in [5.41, 5.74) is 16.3. The molecule has 3 atom stereocenters. The standard InChI is InChI=1S/C41H47FN8O3S2/c1-50-36(21-27-23-46-33-9-3-2-8-30(27)33)39(52)48-24-31-29(25-12-14-28(54)15-13-25)16-17-32(42)37(31)55-40-26(7-6-20-45-40)22-47-34(10-4-18-43)38(51)49-35(41(50)53)11-5-19-44/h2-3,6-9,12-17,20,23,34-36,46-47,54H,4-5,10-11,18-19,21-22,24,43-44H2,1H3,(H,48,52)(H,49,51)/t34-,35-,36-/m0/s1. The molecule has 3 aromatic carbocycles. The van der Waals surface area contributed by atoms with Gasteiger partial charge >= 0.3 is 0 Å². The number of aromatic amines is 1. The van der Waals surface area contributed by atoms with E-state index in [4.69, 9.17) is 11.5 Å². The van der Waals surface area contributed by atoms with Gasteiger partial charge in [-0.05, 0) is 96.9 Å². The van der Waals surface area contributed by atoms with E-state index in [0.29, 0.717) is 47.8 Å². The molecule has 6 rings (SSSR count). The predicted octanol–water partition coefficient (Wildman–Crippen LogP) is 4.93. The smallest absolute Gasteiger partial charge is 0.245 e. The molecule has 0 spiro atoms. The number of carbonyl (C=O) groups excluding carboxylic acids is 3. The number of fused-ring (bicyclic) bond motifs is 3. The topological polar surface area (TPSA) is 171 Å². The molecule has 8 N–H and O–H groups in total. The van der Waals surface area contributed by atoms with Gasteiger partial charge in [0, 0.05) is 54.8 Å². The fraction of sp³-hybridized carbons (Fsp3) is 0.317. The Balaban J connectivity index is 1.47. The molecule has 2 aromatic heterocycles. The molecule has 1 aliphatic heterocycles. The molecule has 0 unspecified atom stereocenters. The molecule has 0 saturated carbocycles. The van der Waals surface area contributed by atoms with Crippen molar-refractivity contribution in [2.75, 3.05) is 20.1 Å². The lowest BCUT2D eigenvalue weighted by molar-refractivity contribution is -0.142. The number of nitrogens with one attached hydrogen (secondary N) is 4. The molecule has 11 nitrogen and oxygen atoms in total. The van der Waals surface area contributed by atoms with Crippen molar-refractivity contribution in [1.82, 2.24) is 30.8 Å². The summed E-state index contributed by atoms with van der Waals surface area (Å²) in [7, 11) is 1.58. The van der Waals surface area contributed by atoms with E-state index < -0.39 is 35.8 Å². The number of nitrogens with two attached hydrogens (primary N) is 2. The maximum atomic E-state index is 16.1. The summed E-state index contributed by atoms with van der Waals surface area (Å²) in [4.78, 5) is 53.4. The van der Waals surface area contributed by atoms with Crippen molar-refractivity contribution in [3.05, 3.63) is 108 Å². The van der Waals surface area contributed by atoms with Crippen LogP contribution in [0.15, 0.2) is 100 Å². The van der Waals surface area contributed by atoms with Crippen molar-refractivity contribution in [2.24, 2.45) is 11.5 Å². The van der Waals surface area contributed by atoms with Gasteiger partial charge in [-0.15, -0.1) is 12.6 Å². The highest BCUT2D eigenvalue weighted by molar-refractivity contribution is 7.99. The van der Waals surface area contributed by atoms with Crippen LogP contribution >= 0.6 is 24.4 Å². The van der Waals surface area contributed by atoms with Crippen molar-refractivity contribution < 1.29 is 18.8 Å². The van der Waals surface area contributed by atoms with Crippen LogP contribution in [0.5, 0.6) is 0 Å². The van der Waals surface area contributed by atoms with E-state index in [-0.39, 0.29) is 31.8 Å². The molecule has 3 heterocycles. The zero-order valence-electron chi connectivity index (χ0n) is 30.7. The van der Waals surface area contributed by atoms with Gasteiger partial charge in [0.25, 0.3) is 0 Å². The summed E-state index contributed by atoms with van der Waals surface area (Å²) >= 11 is 5.62. The number of thiol groups is 1. The van der Waals surface area contributed by atoms with Crippen LogP contribution in [0.3, 0.4) is 0 Å². The Morgan fingerprint density at radius 2 is 1.65 bits per heavy atom. The van der Waals surface area contributed by atoms with Gasteiger partial charge in [0.1, 0.15) is 22.9 Å². The monoisotopic (exact) mass is 782 g/mol. The largest absolute Gasteiger partial charge is 0.361 e. The van der Waals surface area contributed by atoms with Crippen molar-refractivity contribution in [3.8, 4) is 11.1 Å². The Labute approximate surface area is 330 Å². The summed E-state index contributed by atoms with van der Waals surface area (Å²) in [6.07, 6.45) is 5.38. The summed E-state index contributed by atoms with van der Waals surface area (Å²) in [6.45, 7) is 0.882. The summed E-state index contributed by atoms with van der Waals surface area (Å²) in [6, 6.07) is 19.4. The number of H-pyrrole nitrogens is 1. The number of para-hydroxylation sites is 1. The zero-order valence-corrected chi connectivity index (χ0v) is 32.4. The first-order valence-electron chi connectivity index (χ1n) is 18.4. The number of nitrogens with zero attached hydrogens (tertiary/aromatic N) is 2. The first kappa shape index (κ1) is 39.9. The molecular formula is C41H47FN8O3S2. The molecule has 0 fully saturated rings. The number of hydrogen-bond acceptors (Lipinski definition) is 9. The second-order valence-electron chi connectivity index (χ2n) is 13.6. The number of carbonyl (C=O) groups is 3. The van der Waals surface area contributed by atoms with Crippen molar-refractivity contribution in [3.63, 3.8) is 0 Å². The van der Waals surface area contributed by atoms with Gasteiger partial charge in [-0.1, -0.05) is 54.2 Å². The predicted molar refractivity (Wildman–Crippen MR) is 217 cm³/mol. The fourth-order valence-corrected chi connectivity index (χ4v) is 8.08. The number of halogens is 1. The Bertz CT molecular complexity index is 2130. The minimum atomic E-state index is -0.996. The lowest BCUT2D eigenvalue weighted by Crippen LogP contribution is -2.57. The molecule has 0 saturated heterocycles. The van der Waals surface area contributed by atoms with E-state index >= 15 is 4.39 Å². The van der Waals surface area contributed by atoms with Gasteiger partial charge in [0.2, 0.25) is 17.7 Å². The average molecular weight is 783 g/mol. The van der Waals surface area contributed by atoms with Crippen LogP contribution in [0, 0.1) is 5.82 Å². The van der Waals surface area contributed by atoms with Crippen molar-refractivity contribution in [1.29, 1.82) is 0 Å². The van der Waals surface area contributed by atoms with Crippen LogP contribution in [0.25, 0.3) is 22.0 Å². The molecular weight excluding hydrogens is 736 g/mol. The molecule has 55 heavy (non-hydrogen) atoms. The fourth-order valence-electron chi connectivity index (χ4n) is 6.88. The van der Waals surface area contributed by atoms with E-state index in [2.05, 4.69) is 38.5 Å². The maximum absolute atomic E-state index is 16.1. The zero-order chi connectivity index (χ0) is 38.9. The Morgan fingerprint density at radius 3 is 2.42 bits per heavy atom. The van der Waals surface area contributed by atoms with Gasteiger partial charge in [0.15, 0.2) is 0 Å². The van der Waals surface area contributed by atoms with Crippen LogP contribution < -0.4 is 27.4 Å². The third-order valence-corrected chi connectivity index (χ3v) is 11.5. The van der Waals surface area contributed by atoms with E-state index in [1.807, 2.05) is 60.8 Å². The van der Waals surface area contributed by atoms with E-state index in [1.165, 1.54) is 11.0 Å². The maximum Gasteiger partial charge on any atom is 0.245 e. The molecule has 5 aromatic rings. The molecule has 0 aliphatic carbocycles. The number of benzene rings is 3. The lowest BCUT2D eigenvalue weighted by Gasteiger charge is -2.32. The highest BCUT2D eigenvalue weighted by atomic mass is 32.2. The summed E-state index contributed by atoms with van der Waals surface area (Å²) in [5, 5.41) is 10.9. The van der Waals surface area contributed by atoms with Gasteiger partial charge in [-0.2, -0.15) is 0 Å². The van der Waals surface area contributed by atoms with Gasteiger partial charge in [0.05, 0.1) is 10.9 Å². The van der Waals surface area contributed by atoms with E-state index in [0.717, 1.165) is 49.8 Å². The van der Waals surface area contributed by atoms with E-state index in [1.54, 1.807) is 25.4 Å². The minimum absolute atomic E-state index is 0.0434. The number of rotatable bonds is 9. The Hall–Kier alpha value is -4.73. The molecule has 288 valence electrons. The van der Waals surface area contributed by atoms with Gasteiger partial charge in [-0.25, -0.2) is 9.37 Å². The molecule has 3 amide bonds. The summed E-state index contributed by atoms with van der Waals surface area (Å²) < 4.78 is 16.1. The Kier molecular flexibility index (Phi) is 13.6. The van der Waals surface area contributed by atoms with Crippen LogP contribution in [0.1, 0.15) is 42.4 Å². The second-order valence-corrected chi connectivity index (χ2v) is 15.1. The summed E-state index contributed by atoms with van der Waals surface area (Å²) in [5.74, 6) is -1.71. The molecule has 0 bridgehead atoms. The van der Waals surface area contributed by atoms with Crippen LogP contribution in [0.2, 0.25) is 0 Å². The lowest BCUT2D eigenvalue weighted by atomic mass is 9.98. The molecule has 0 radical (unpaired) electrons.